The third kappa shape index (κ3) is 2.44. The number of aliphatic hydroxyl groups is 1. The van der Waals surface area contributed by atoms with Gasteiger partial charge < -0.3 is 15.6 Å². The van der Waals surface area contributed by atoms with Gasteiger partial charge in [-0.05, 0) is 38.6 Å². The van der Waals surface area contributed by atoms with Crippen LogP contribution in [-0.4, -0.2) is 30.5 Å². The molecule has 1 rings (SSSR count). The van der Waals surface area contributed by atoms with Crippen LogP contribution in [0.1, 0.15) is 26.2 Å². The lowest BCUT2D eigenvalue weighted by Crippen LogP contribution is -2.39. The van der Waals surface area contributed by atoms with Gasteiger partial charge in [-0.15, -0.1) is 0 Å². The minimum Gasteiger partial charge on any atom is -0.390 e. The first-order valence-corrected chi connectivity index (χ1v) is 4.67. The van der Waals surface area contributed by atoms with E-state index in [-0.39, 0.29) is 0 Å². The van der Waals surface area contributed by atoms with Gasteiger partial charge in [-0.25, -0.2) is 0 Å². The van der Waals surface area contributed by atoms with E-state index in [1.807, 2.05) is 6.92 Å². The quantitative estimate of drug-likeness (QED) is 0.654. The Kier molecular flexibility index (Phi) is 3.50. The third-order valence-electron chi connectivity index (χ3n) is 2.75. The molecule has 3 nitrogen and oxygen atoms in total. The molecule has 3 heteroatoms. The zero-order valence-electron chi connectivity index (χ0n) is 7.75. The molecule has 0 aromatic carbocycles. The summed E-state index contributed by atoms with van der Waals surface area (Å²) in [6.07, 6.45) is 2.62. The second-order valence-electron chi connectivity index (χ2n) is 3.78. The van der Waals surface area contributed by atoms with Crippen molar-refractivity contribution in [2.45, 2.75) is 31.8 Å². The van der Waals surface area contributed by atoms with Crippen LogP contribution in [0.2, 0.25) is 0 Å². The van der Waals surface area contributed by atoms with Gasteiger partial charge in [0.05, 0.1) is 5.60 Å². The zero-order valence-corrected chi connectivity index (χ0v) is 7.75. The topological polar surface area (TPSA) is 55.5 Å². The van der Waals surface area contributed by atoms with Crippen molar-refractivity contribution in [1.29, 1.82) is 0 Å². The fourth-order valence-corrected chi connectivity index (χ4v) is 1.82. The first-order chi connectivity index (χ1) is 5.67. The lowest BCUT2D eigenvalue weighted by Gasteiger charge is -2.35. The fourth-order valence-electron chi connectivity index (χ4n) is 1.82. The van der Waals surface area contributed by atoms with Crippen molar-refractivity contribution >= 4 is 0 Å². The molecule has 1 saturated heterocycles. The van der Waals surface area contributed by atoms with Gasteiger partial charge in [0.2, 0.25) is 0 Å². The molecule has 0 spiro atoms. The summed E-state index contributed by atoms with van der Waals surface area (Å²) in [6.45, 7) is 4.01. The van der Waals surface area contributed by atoms with E-state index in [1.54, 1.807) is 0 Å². The Balaban J connectivity index is 2.41. The van der Waals surface area contributed by atoms with E-state index in [1.165, 1.54) is 0 Å². The molecule has 1 unspecified atom stereocenters. The molecule has 1 heterocycles. The van der Waals surface area contributed by atoms with Crippen molar-refractivity contribution in [1.82, 2.24) is 0 Å². The Hall–Kier alpha value is -0.120. The maximum atomic E-state index is 10.0. The molecule has 0 bridgehead atoms. The average Bonchev–Trinajstić information content (AvgIpc) is 2.06. The highest BCUT2D eigenvalue weighted by Gasteiger charge is 2.31. The molecular weight excluding hydrogens is 154 g/mol. The summed E-state index contributed by atoms with van der Waals surface area (Å²) in [5.41, 5.74) is 4.85. The molecule has 12 heavy (non-hydrogen) atoms. The summed E-state index contributed by atoms with van der Waals surface area (Å²) in [5, 5.41) is 10.0. The second kappa shape index (κ2) is 4.21. The van der Waals surface area contributed by atoms with E-state index in [9.17, 15) is 5.11 Å². The Labute approximate surface area is 73.9 Å². The Morgan fingerprint density at radius 3 is 2.58 bits per heavy atom. The van der Waals surface area contributed by atoms with Crippen molar-refractivity contribution in [2.24, 2.45) is 11.7 Å². The van der Waals surface area contributed by atoms with Gasteiger partial charge in [-0.1, -0.05) is 0 Å². The monoisotopic (exact) mass is 173 g/mol. The molecule has 72 valence electrons. The number of hydrogen-bond donors (Lipinski definition) is 2. The highest BCUT2D eigenvalue weighted by molar-refractivity contribution is 4.83. The van der Waals surface area contributed by atoms with Gasteiger partial charge in [-0.2, -0.15) is 0 Å². The van der Waals surface area contributed by atoms with E-state index >= 15 is 0 Å². The summed E-state index contributed by atoms with van der Waals surface area (Å²) < 4.78 is 5.23. The molecule has 0 amide bonds. The molecule has 1 atom stereocenters. The van der Waals surface area contributed by atoms with Crippen LogP contribution in [0.15, 0.2) is 0 Å². The average molecular weight is 173 g/mol. The maximum Gasteiger partial charge on any atom is 0.0661 e. The summed E-state index contributed by atoms with van der Waals surface area (Å²) in [4.78, 5) is 0. The van der Waals surface area contributed by atoms with Crippen LogP contribution in [0, 0.1) is 5.92 Å². The smallest absolute Gasteiger partial charge is 0.0661 e. The van der Waals surface area contributed by atoms with Crippen LogP contribution in [0.3, 0.4) is 0 Å². The summed E-state index contributed by atoms with van der Waals surface area (Å²) in [6, 6.07) is 0. The van der Waals surface area contributed by atoms with E-state index in [0.29, 0.717) is 18.9 Å². The molecule has 1 aliphatic heterocycles. The normalized spacial score (nSPS) is 25.2. The van der Waals surface area contributed by atoms with Crippen LogP contribution in [0.4, 0.5) is 0 Å². The number of hydrogen-bond acceptors (Lipinski definition) is 3. The number of ether oxygens (including phenoxy) is 1. The van der Waals surface area contributed by atoms with Gasteiger partial charge in [0, 0.05) is 13.2 Å². The van der Waals surface area contributed by atoms with E-state index in [2.05, 4.69) is 0 Å². The van der Waals surface area contributed by atoms with Crippen molar-refractivity contribution in [3.8, 4) is 0 Å². The molecule has 1 fully saturated rings. The minimum absolute atomic E-state index is 0.370. The van der Waals surface area contributed by atoms with E-state index < -0.39 is 5.60 Å². The zero-order chi connectivity index (χ0) is 9.03. The number of nitrogens with two attached hydrogens (primary N) is 1. The minimum atomic E-state index is -0.585. The van der Waals surface area contributed by atoms with Crippen molar-refractivity contribution < 1.29 is 9.84 Å². The molecule has 0 radical (unpaired) electrons. The van der Waals surface area contributed by atoms with Crippen LogP contribution < -0.4 is 5.73 Å². The standard InChI is InChI=1S/C9H19NO2/c1-9(11,4-5-10)8-2-6-12-7-3-8/h8,11H,2-7,10H2,1H3. The highest BCUT2D eigenvalue weighted by Crippen LogP contribution is 2.29. The molecular formula is C9H19NO2. The van der Waals surface area contributed by atoms with Gasteiger partial charge >= 0.3 is 0 Å². The molecule has 1 aliphatic rings. The highest BCUT2D eigenvalue weighted by atomic mass is 16.5. The van der Waals surface area contributed by atoms with Crippen LogP contribution in [0.25, 0.3) is 0 Å². The lowest BCUT2D eigenvalue weighted by atomic mass is 9.81. The van der Waals surface area contributed by atoms with Gasteiger partial charge in [0.1, 0.15) is 0 Å². The molecule has 0 saturated carbocycles. The lowest BCUT2D eigenvalue weighted by molar-refractivity contribution is -0.0567. The van der Waals surface area contributed by atoms with Gasteiger partial charge in [0.15, 0.2) is 0 Å². The Bertz CT molecular complexity index is 130. The summed E-state index contributed by atoms with van der Waals surface area (Å²) in [7, 11) is 0. The number of rotatable bonds is 3. The largest absolute Gasteiger partial charge is 0.390 e. The Morgan fingerprint density at radius 2 is 2.08 bits per heavy atom. The first kappa shape index (κ1) is 9.96. The summed E-state index contributed by atoms with van der Waals surface area (Å²) >= 11 is 0. The SMILES string of the molecule is CC(O)(CCN)C1CCOCC1. The predicted molar refractivity (Wildman–Crippen MR) is 47.8 cm³/mol. The summed E-state index contributed by atoms with van der Waals surface area (Å²) in [5.74, 6) is 0.370. The van der Waals surface area contributed by atoms with Crippen LogP contribution >= 0.6 is 0 Å². The second-order valence-corrected chi connectivity index (χ2v) is 3.78. The van der Waals surface area contributed by atoms with Gasteiger partial charge in [-0.3, -0.25) is 0 Å². The fraction of sp³-hybridized carbons (Fsp3) is 1.00. The first-order valence-electron chi connectivity index (χ1n) is 4.67. The molecule has 0 aromatic rings. The van der Waals surface area contributed by atoms with Gasteiger partial charge in [0.25, 0.3) is 0 Å². The van der Waals surface area contributed by atoms with Crippen molar-refractivity contribution in [3.63, 3.8) is 0 Å². The van der Waals surface area contributed by atoms with E-state index in [4.69, 9.17) is 10.5 Å². The maximum absolute atomic E-state index is 10.0. The third-order valence-corrected chi connectivity index (χ3v) is 2.75. The van der Waals surface area contributed by atoms with Crippen LogP contribution in [0.5, 0.6) is 0 Å². The van der Waals surface area contributed by atoms with Crippen molar-refractivity contribution in [3.05, 3.63) is 0 Å². The molecule has 0 aliphatic carbocycles. The molecule has 0 aromatic heterocycles. The van der Waals surface area contributed by atoms with Crippen molar-refractivity contribution in [2.75, 3.05) is 19.8 Å². The predicted octanol–water partition coefficient (Wildman–Crippen LogP) is 0.513. The van der Waals surface area contributed by atoms with E-state index in [0.717, 1.165) is 26.1 Å². The molecule has 3 N–H and O–H groups in total. The van der Waals surface area contributed by atoms with Crippen LogP contribution in [-0.2, 0) is 4.74 Å². The Morgan fingerprint density at radius 1 is 1.50 bits per heavy atom.